The summed E-state index contributed by atoms with van der Waals surface area (Å²) in [6.07, 6.45) is 0.668. The van der Waals surface area contributed by atoms with Crippen molar-refractivity contribution in [2.45, 2.75) is 24.3 Å². The fourth-order valence-corrected chi connectivity index (χ4v) is 4.63. The number of hydrogen-bond donors (Lipinski definition) is 1. The summed E-state index contributed by atoms with van der Waals surface area (Å²) in [6.45, 7) is 3.85. The number of nitrogens with one attached hydrogen (secondary N) is 1. The number of ether oxygens (including phenoxy) is 2. The van der Waals surface area contributed by atoms with Gasteiger partial charge in [0, 0.05) is 36.0 Å². The molecule has 2 aromatic carbocycles. The van der Waals surface area contributed by atoms with Crippen LogP contribution in [0.5, 0.6) is 0 Å². The SMILES string of the molecule is C=CCOC(=O)NC[C@@H]1C[C@H](SC(=O)c2ccccc2)CN1C(=O)OCc1ccc([N+](=O)[O-])cc1. The standard InChI is InChI=1S/C24H25N3O7S/c1-2-12-33-23(29)25-14-20-13-21(35-22(28)18-6-4-3-5-7-18)15-26(20)24(30)34-16-17-8-10-19(11-9-17)27(31)32/h2-11,20-21H,1,12-16H2,(H,25,29)/t20-,21-/m0/s1. The molecule has 2 aromatic rings. The molecule has 35 heavy (non-hydrogen) atoms. The summed E-state index contributed by atoms with van der Waals surface area (Å²) in [5, 5.41) is 13.1. The number of amides is 2. The number of carbonyl (C=O) groups excluding carboxylic acids is 3. The van der Waals surface area contributed by atoms with Crippen molar-refractivity contribution in [3.05, 3.63) is 88.5 Å². The van der Waals surface area contributed by atoms with Crippen molar-refractivity contribution in [1.29, 1.82) is 0 Å². The second kappa shape index (κ2) is 12.6. The van der Waals surface area contributed by atoms with Gasteiger partial charge in [-0.2, -0.15) is 0 Å². The van der Waals surface area contributed by atoms with Crippen LogP contribution < -0.4 is 5.32 Å². The van der Waals surface area contributed by atoms with E-state index in [2.05, 4.69) is 11.9 Å². The summed E-state index contributed by atoms with van der Waals surface area (Å²) >= 11 is 1.14. The zero-order valence-corrected chi connectivity index (χ0v) is 19.6. The third kappa shape index (κ3) is 7.57. The zero-order valence-electron chi connectivity index (χ0n) is 18.8. The van der Waals surface area contributed by atoms with E-state index in [0.717, 1.165) is 11.8 Å². The van der Waals surface area contributed by atoms with Crippen molar-refractivity contribution in [2.24, 2.45) is 0 Å². The summed E-state index contributed by atoms with van der Waals surface area (Å²) in [5.74, 6) is 0. The highest BCUT2D eigenvalue weighted by Crippen LogP contribution is 2.30. The minimum absolute atomic E-state index is 0.0571. The molecule has 2 atom stereocenters. The van der Waals surface area contributed by atoms with Crippen LogP contribution in [0.2, 0.25) is 0 Å². The lowest BCUT2D eigenvalue weighted by Gasteiger charge is -2.24. The third-order valence-electron chi connectivity index (χ3n) is 5.22. The Hall–Kier alpha value is -3.86. The van der Waals surface area contributed by atoms with Gasteiger partial charge in [0.15, 0.2) is 0 Å². The summed E-state index contributed by atoms with van der Waals surface area (Å²) in [6, 6.07) is 14.2. The molecule has 3 rings (SSSR count). The molecule has 0 radical (unpaired) electrons. The Morgan fingerprint density at radius 1 is 1.14 bits per heavy atom. The van der Waals surface area contributed by atoms with Crippen LogP contribution in [0.15, 0.2) is 67.3 Å². The number of nitro benzene ring substituents is 1. The molecule has 1 fully saturated rings. The van der Waals surface area contributed by atoms with Crippen LogP contribution in [0, 0.1) is 10.1 Å². The lowest BCUT2D eigenvalue weighted by Crippen LogP contribution is -2.43. The van der Waals surface area contributed by atoms with Crippen molar-refractivity contribution >= 4 is 34.8 Å². The van der Waals surface area contributed by atoms with Crippen LogP contribution in [-0.4, -0.2) is 58.1 Å². The number of alkyl carbamates (subject to hydrolysis) is 1. The van der Waals surface area contributed by atoms with Crippen LogP contribution in [-0.2, 0) is 16.1 Å². The van der Waals surface area contributed by atoms with Crippen LogP contribution in [0.3, 0.4) is 0 Å². The first-order chi connectivity index (χ1) is 16.9. The normalized spacial score (nSPS) is 16.9. The molecule has 10 nitrogen and oxygen atoms in total. The molecule has 0 aliphatic carbocycles. The van der Waals surface area contributed by atoms with Crippen LogP contribution in [0.25, 0.3) is 0 Å². The summed E-state index contributed by atoms with van der Waals surface area (Å²) in [5.41, 5.74) is 1.10. The first kappa shape index (κ1) is 25.8. The second-order valence-corrected chi connectivity index (χ2v) is 8.95. The van der Waals surface area contributed by atoms with Crippen LogP contribution >= 0.6 is 11.8 Å². The first-order valence-corrected chi connectivity index (χ1v) is 11.7. The van der Waals surface area contributed by atoms with E-state index in [9.17, 15) is 24.5 Å². The minimum Gasteiger partial charge on any atom is -0.445 e. The predicted octanol–water partition coefficient (Wildman–Crippen LogP) is 4.16. The number of thioether (sulfide) groups is 1. The van der Waals surface area contributed by atoms with Crippen molar-refractivity contribution in [3.8, 4) is 0 Å². The number of nitro groups is 1. The number of non-ortho nitro benzene ring substituents is 1. The molecule has 1 heterocycles. The highest BCUT2D eigenvalue weighted by molar-refractivity contribution is 8.14. The van der Waals surface area contributed by atoms with Crippen molar-refractivity contribution in [1.82, 2.24) is 10.2 Å². The van der Waals surface area contributed by atoms with Crippen molar-refractivity contribution < 1.29 is 28.8 Å². The van der Waals surface area contributed by atoms with Gasteiger partial charge in [0.25, 0.3) is 5.69 Å². The van der Waals surface area contributed by atoms with Gasteiger partial charge in [0.05, 0.1) is 11.0 Å². The van der Waals surface area contributed by atoms with Crippen molar-refractivity contribution in [3.63, 3.8) is 0 Å². The lowest BCUT2D eigenvalue weighted by molar-refractivity contribution is -0.384. The lowest BCUT2D eigenvalue weighted by atomic mass is 10.2. The van der Waals surface area contributed by atoms with Gasteiger partial charge in [-0.25, -0.2) is 9.59 Å². The summed E-state index contributed by atoms with van der Waals surface area (Å²) in [7, 11) is 0. The Kier molecular flexibility index (Phi) is 9.24. The minimum atomic E-state index is -0.638. The average Bonchev–Trinajstić information content (AvgIpc) is 3.28. The smallest absolute Gasteiger partial charge is 0.410 e. The zero-order chi connectivity index (χ0) is 25.2. The molecule has 0 aromatic heterocycles. The molecule has 0 saturated carbocycles. The third-order valence-corrected chi connectivity index (χ3v) is 6.34. The molecule has 0 spiro atoms. The van der Waals surface area contributed by atoms with E-state index in [1.54, 1.807) is 24.3 Å². The number of likely N-dealkylation sites (tertiary alicyclic amines) is 1. The van der Waals surface area contributed by atoms with Crippen LogP contribution in [0.1, 0.15) is 22.3 Å². The largest absolute Gasteiger partial charge is 0.445 e. The van der Waals surface area contributed by atoms with Gasteiger partial charge in [-0.3, -0.25) is 14.9 Å². The summed E-state index contributed by atoms with van der Waals surface area (Å²) in [4.78, 5) is 49.1. The Bertz CT molecular complexity index is 1060. The molecular weight excluding hydrogens is 474 g/mol. The van der Waals surface area contributed by atoms with E-state index >= 15 is 0 Å². The number of benzene rings is 2. The molecule has 1 N–H and O–H groups in total. The van der Waals surface area contributed by atoms with E-state index in [4.69, 9.17) is 9.47 Å². The molecule has 184 valence electrons. The quantitative estimate of drug-likeness (QED) is 0.309. The molecule has 0 unspecified atom stereocenters. The molecule has 1 saturated heterocycles. The maximum Gasteiger partial charge on any atom is 0.410 e. The monoisotopic (exact) mass is 499 g/mol. The van der Waals surface area contributed by atoms with E-state index < -0.39 is 23.2 Å². The van der Waals surface area contributed by atoms with E-state index in [0.29, 0.717) is 17.5 Å². The fourth-order valence-electron chi connectivity index (χ4n) is 3.50. The molecule has 11 heteroatoms. The fraction of sp³-hybridized carbons (Fsp3) is 0.292. The van der Waals surface area contributed by atoms with Gasteiger partial charge in [0.1, 0.15) is 13.2 Å². The average molecular weight is 500 g/mol. The topological polar surface area (TPSA) is 128 Å². The molecular formula is C24H25N3O7S. The second-order valence-electron chi connectivity index (χ2n) is 7.68. The first-order valence-electron chi connectivity index (χ1n) is 10.8. The maximum atomic E-state index is 12.9. The molecule has 1 aliphatic rings. The molecule has 0 bridgehead atoms. The number of carbonyl (C=O) groups is 3. The number of rotatable bonds is 9. The Morgan fingerprint density at radius 3 is 2.51 bits per heavy atom. The van der Waals surface area contributed by atoms with Gasteiger partial charge in [-0.05, 0) is 24.1 Å². The van der Waals surface area contributed by atoms with E-state index in [-0.39, 0.29) is 42.4 Å². The molecule has 2 amide bonds. The van der Waals surface area contributed by atoms with Gasteiger partial charge in [-0.15, -0.1) is 0 Å². The Balaban J connectivity index is 1.62. The maximum absolute atomic E-state index is 12.9. The van der Waals surface area contributed by atoms with Gasteiger partial charge < -0.3 is 19.7 Å². The highest BCUT2D eigenvalue weighted by Gasteiger charge is 2.38. The van der Waals surface area contributed by atoms with Gasteiger partial charge >= 0.3 is 12.2 Å². The Labute approximate surface area is 206 Å². The Morgan fingerprint density at radius 2 is 1.86 bits per heavy atom. The van der Waals surface area contributed by atoms with E-state index in [1.807, 2.05) is 6.07 Å². The van der Waals surface area contributed by atoms with Gasteiger partial charge in [0.2, 0.25) is 5.12 Å². The predicted molar refractivity (Wildman–Crippen MR) is 130 cm³/mol. The number of hydrogen-bond acceptors (Lipinski definition) is 8. The van der Waals surface area contributed by atoms with Crippen molar-refractivity contribution in [2.75, 3.05) is 19.7 Å². The van der Waals surface area contributed by atoms with Crippen LogP contribution in [0.4, 0.5) is 15.3 Å². The number of nitrogens with zero attached hydrogens (tertiary/aromatic N) is 2. The molecule has 1 aliphatic heterocycles. The highest BCUT2D eigenvalue weighted by atomic mass is 32.2. The van der Waals surface area contributed by atoms with Gasteiger partial charge in [-0.1, -0.05) is 54.7 Å². The van der Waals surface area contributed by atoms with E-state index in [1.165, 1.54) is 35.2 Å². The summed E-state index contributed by atoms with van der Waals surface area (Å²) < 4.78 is 10.3.